The maximum absolute atomic E-state index is 13.3. The summed E-state index contributed by atoms with van der Waals surface area (Å²) in [7, 11) is 1.95. The maximum Gasteiger partial charge on any atom is 0.126 e. The van der Waals surface area contributed by atoms with Gasteiger partial charge in [0.1, 0.15) is 11.6 Å². The Morgan fingerprint density at radius 1 is 1.20 bits per heavy atom. The van der Waals surface area contributed by atoms with Crippen molar-refractivity contribution in [3.05, 3.63) is 35.4 Å². The van der Waals surface area contributed by atoms with Crippen molar-refractivity contribution in [2.24, 2.45) is 11.8 Å². The van der Waals surface area contributed by atoms with E-state index in [1.165, 1.54) is 44.2 Å². The summed E-state index contributed by atoms with van der Waals surface area (Å²) < 4.78 is 26.6. The van der Waals surface area contributed by atoms with Gasteiger partial charge in [-0.15, -0.1) is 0 Å². The third-order valence-corrected chi connectivity index (χ3v) is 4.72. The zero-order valence-corrected chi connectivity index (χ0v) is 12.5. The smallest absolute Gasteiger partial charge is 0.126 e. The molecule has 3 atom stereocenters. The monoisotopic (exact) mass is 281 g/mol. The van der Waals surface area contributed by atoms with Gasteiger partial charge in [-0.25, -0.2) is 8.78 Å². The molecule has 1 saturated carbocycles. The minimum absolute atomic E-state index is 0.311. The van der Waals surface area contributed by atoms with Crippen LogP contribution in [0.2, 0.25) is 0 Å². The Labute approximate surface area is 120 Å². The van der Waals surface area contributed by atoms with Gasteiger partial charge < -0.3 is 5.32 Å². The number of halogens is 2. The Hall–Kier alpha value is -0.960. The molecule has 0 spiro atoms. The highest BCUT2D eigenvalue weighted by molar-refractivity contribution is 5.19. The molecule has 0 saturated heterocycles. The summed E-state index contributed by atoms with van der Waals surface area (Å²) in [4.78, 5) is 0. The lowest BCUT2D eigenvalue weighted by Crippen LogP contribution is -2.38. The van der Waals surface area contributed by atoms with Crippen LogP contribution in [-0.2, 0) is 6.42 Å². The third kappa shape index (κ3) is 4.02. The fourth-order valence-electron chi connectivity index (χ4n) is 3.56. The highest BCUT2D eigenvalue weighted by atomic mass is 19.1. The predicted octanol–water partition coefficient (Wildman–Crippen LogP) is 4.31. The van der Waals surface area contributed by atoms with Crippen LogP contribution in [0.3, 0.4) is 0 Å². The van der Waals surface area contributed by atoms with E-state index >= 15 is 0 Å². The molecule has 3 heteroatoms. The lowest BCUT2D eigenvalue weighted by Gasteiger charge is -2.34. The van der Waals surface area contributed by atoms with Gasteiger partial charge in [-0.1, -0.05) is 26.2 Å². The Balaban J connectivity index is 2.04. The van der Waals surface area contributed by atoms with Crippen LogP contribution in [0.4, 0.5) is 8.78 Å². The van der Waals surface area contributed by atoms with E-state index in [-0.39, 0.29) is 0 Å². The van der Waals surface area contributed by atoms with Crippen LogP contribution in [0.15, 0.2) is 18.2 Å². The molecule has 0 radical (unpaired) electrons. The van der Waals surface area contributed by atoms with Gasteiger partial charge in [-0.3, -0.25) is 0 Å². The van der Waals surface area contributed by atoms with Crippen LogP contribution >= 0.6 is 0 Å². The first-order valence-corrected chi connectivity index (χ1v) is 7.74. The summed E-state index contributed by atoms with van der Waals surface area (Å²) in [5.74, 6) is 0.466. The van der Waals surface area contributed by atoms with Gasteiger partial charge in [0.05, 0.1) is 0 Å². The van der Waals surface area contributed by atoms with E-state index in [2.05, 4.69) is 12.2 Å². The molecule has 0 aliphatic heterocycles. The first-order chi connectivity index (χ1) is 9.62. The van der Waals surface area contributed by atoms with Gasteiger partial charge in [0, 0.05) is 12.1 Å². The van der Waals surface area contributed by atoms with E-state index in [1.54, 1.807) is 0 Å². The second kappa shape index (κ2) is 7.16. The fourth-order valence-corrected chi connectivity index (χ4v) is 3.56. The largest absolute Gasteiger partial charge is 0.316 e. The second-order valence-electron chi connectivity index (χ2n) is 6.08. The van der Waals surface area contributed by atoms with E-state index < -0.39 is 11.6 Å². The topological polar surface area (TPSA) is 12.0 Å². The van der Waals surface area contributed by atoms with Crippen LogP contribution < -0.4 is 5.32 Å². The van der Waals surface area contributed by atoms with E-state index in [0.29, 0.717) is 18.4 Å². The molecule has 0 bridgehead atoms. The van der Waals surface area contributed by atoms with Gasteiger partial charge in [0.2, 0.25) is 0 Å². The molecule has 20 heavy (non-hydrogen) atoms. The van der Waals surface area contributed by atoms with Gasteiger partial charge in [0.25, 0.3) is 0 Å². The van der Waals surface area contributed by atoms with Gasteiger partial charge in [0.15, 0.2) is 0 Å². The Morgan fingerprint density at radius 3 is 2.50 bits per heavy atom. The molecule has 0 heterocycles. The Bertz CT molecular complexity index is 413. The van der Waals surface area contributed by atoms with Crippen molar-refractivity contribution >= 4 is 0 Å². The van der Waals surface area contributed by atoms with E-state index in [1.807, 2.05) is 7.05 Å². The summed E-state index contributed by atoms with van der Waals surface area (Å²) >= 11 is 0. The highest BCUT2D eigenvalue weighted by Gasteiger charge is 2.27. The van der Waals surface area contributed by atoms with Crippen LogP contribution in [0.5, 0.6) is 0 Å². The van der Waals surface area contributed by atoms with Crippen LogP contribution in [-0.4, -0.2) is 13.1 Å². The molecule has 1 aromatic carbocycles. The Kier molecular flexibility index (Phi) is 5.53. The number of likely N-dealkylation sites (N-methyl/N-ethyl adjacent to an activating group) is 1. The lowest BCUT2D eigenvalue weighted by atomic mass is 9.75. The number of hydrogen-bond acceptors (Lipinski definition) is 1. The zero-order chi connectivity index (χ0) is 14.5. The van der Waals surface area contributed by atoms with Gasteiger partial charge in [-0.05, 0) is 55.8 Å². The van der Waals surface area contributed by atoms with Crippen molar-refractivity contribution < 1.29 is 8.78 Å². The first kappa shape index (κ1) is 15.4. The van der Waals surface area contributed by atoms with E-state index in [4.69, 9.17) is 0 Å². The average molecular weight is 281 g/mol. The van der Waals surface area contributed by atoms with Gasteiger partial charge >= 0.3 is 0 Å². The molecular formula is C17H25F2N. The van der Waals surface area contributed by atoms with Crippen molar-refractivity contribution in [2.45, 2.75) is 51.5 Å². The summed E-state index contributed by atoms with van der Waals surface area (Å²) in [6.07, 6.45) is 7.00. The number of hydrogen-bond donors (Lipinski definition) is 1. The van der Waals surface area contributed by atoms with Crippen molar-refractivity contribution in [1.29, 1.82) is 0 Å². The Morgan fingerprint density at radius 2 is 1.90 bits per heavy atom. The third-order valence-electron chi connectivity index (χ3n) is 4.72. The quantitative estimate of drug-likeness (QED) is 0.848. The van der Waals surface area contributed by atoms with E-state index in [0.717, 1.165) is 17.5 Å². The molecular weight excluding hydrogens is 256 g/mol. The van der Waals surface area contributed by atoms with Crippen molar-refractivity contribution in [2.75, 3.05) is 7.05 Å². The van der Waals surface area contributed by atoms with E-state index in [9.17, 15) is 8.78 Å². The summed E-state index contributed by atoms with van der Waals surface area (Å²) in [5, 5.41) is 3.36. The lowest BCUT2D eigenvalue weighted by molar-refractivity contribution is 0.212. The molecule has 1 N–H and O–H groups in total. The fraction of sp³-hybridized carbons (Fsp3) is 0.647. The molecule has 1 aromatic rings. The zero-order valence-electron chi connectivity index (χ0n) is 12.5. The summed E-state index contributed by atoms with van der Waals surface area (Å²) in [6, 6.07) is 4.15. The summed E-state index contributed by atoms with van der Waals surface area (Å²) in [5.41, 5.74) is 0.750. The van der Waals surface area contributed by atoms with Crippen molar-refractivity contribution in [3.63, 3.8) is 0 Å². The van der Waals surface area contributed by atoms with Crippen molar-refractivity contribution in [3.8, 4) is 0 Å². The SMILES string of the molecule is CCC1CCCC(C(Cc2cc(F)cc(F)c2)NC)C1. The molecule has 1 aliphatic carbocycles. The second-order valence-corrected chi connectivity index (χ2v) is 6.08. The van der Waals surface area contributed by atoms with Crippen LogP contribution in [0, 0.1) is 23.5 Å². The summed E-state index contributed by atoms with van der Waals surface area (Å²) in [6.45, 7) is 2.25. The molecule has 1 nitrogen and oxygen atoms in total. The predicted molar refractivity (Wildman–Crippen MR) is 78.6 cm³/mol. The molecule has 0 amide bonds. The maximum atomic E-state index is 13.3. The standard InChI is InChI=1S/C17H25F2N/c1-3-12-5-4-6-14(7-12)17(20-2)10-13-8-15(18)11-16(19)9-13/h8-9,11-12,14,17,20H,3-7,10H2,1-2H3. The molecule has 3 unspecified atom stereocenters. The minimum atomic E-state index is -0.482. The number of rotatable bonds is 5. The average Bonchev–Trinajstić information content (AvgIpc) is 2.44. The van der Waals surface area contributed by atoms with Gasteiger partial charge in [-0.2, -0.15) is 0 Å². The van der Waals surface area contributed by atoms with Crippen LogP contribution in [0.25, 0.3) is 0 Å². The molecule has 1 fully saturated rings. The molecule has 112 valence electrons. The molecule has 1 aliphatic rings. The first-order valence-electron chi connectivity index (χ1n) is 7.74. The number of benzene rings is 1. The van der Waals surface area contributed by atoms with Crippen molar-refractivity contribution in [1.82, 2.24) is 5.32 Å². The molecule has 0 aromatic heterocycles. The normalized spacial score (nSPS) is 24.6. The number of nitrogens with one attached hydrogen (secondary N) is 1. The minimum Gasteiger partial charge on any atom is -0.316 e. The highest BCUT2D eigenvalue weighted by Crippen LogP contribution is 2.33. The molecule has 2 rings (SSSR count). The van der Waals surface area contributed by atoms with Crippen LogP contribution in [0.1, 0.15) is 44.6 Å².